The van der Waals surface area contributed by atoms with Gasteiger partial charge >= 0.3 is 0 Å². The first kappa shape index (κ1) is 10.6. The molecule has 0 spiro atoms. The molecule has 4 nitrogen and oxygen atoms in total. The van der Waals surface area contributed by atoms with E-state index in [2.05, 4.69) is 17.3 Å². The average Bonchev–Trinajstić information content (AvgIpc) is 2.63. The van der Waals surface area contributed by atoms with Crippen molar-refractivity contribution >= 4 is 0 Å². The Kier molecular flexibility index (Phi) is 3.07. The largest absolute Gasteiger partial charge is 0.380 e. The molecule has 1 N–H and O–H groups in total. The first-order valence-electron chi connectivity index (χ1n) is 5.49. The zero-order valence-corrected chi connectivity index (χ0v) is 9.49. The molecular formula is C11H19N3O. The molecule has 0 bridgehead atoms. The molecule has 1 atom stereocenters. The van der Waals surface area contributed by atoms with Crippen LogP contribution in [-0.2, 0) is 18.3 Å². The van der Waals surface area contributed by atoms with Crippen molar-refractivity contribution in [3.63, 3.8) is 0 Å². The fourth-order valence-corrected chi connectivity index (χ4v) is 1.93. The number of ether oxygens (including phenoxy) is 1. The molecule has 2 heterocycles. The summed E-state index contributed by atoms with van der Waals surface area (Å²) < 4.78 is 7.32. The van der Waals surface area contributed by atoms with Gasteiger partial charge in [-0.25, -0.2) is 0 Å². The summed E-state index contributed by atoms with van der Waals surface area (Å²) in [5.41, 5.74) is 1.21. The van der Waals surface area contributed by atoms with E-state index in [0.29, 0.717) is 0 Å². The summed E-state index contributed by atoms with van der Waals surface area (Å²) >= 11 is 0. The third kappa shape index (κ3) is 2.79. The predicted molar refractivity (Wildman–Crippen MR) is 58.5 cm³/mol. The van der Waals surface area contributed by atoms with Gasteiger partial charge in [-0.2, -0.15) is 5.10 Å². The van der Waals surface area contributed by atoms with Crippen molar-refractivity contribution in [3.8, 4) is 0 Å². The fourth-order valence-electron chi connectivity index (χ4n) is 1.93. The lowest BCUT2D eigenvalue weighted by Crippen LogP contribution is -2.48. The molecule has 0 saturated carbocycles. The van der Waals surface area contributed by atoms with Crippen molar-refractivity contribution in [3.05, 3.63) is 18.0 Å². The molecule has 1 unspecified atom stereocenters. The van der Waals surface area contributed by atoms with Crippen LogP contribution in [0.2, 0.25) is 0 Å². The summed E-state index contributed by atoms with van der Waals surface area (Å²) in [6, 6.07) is 2.04. The smallest absolute Gasteiger partial charge is 0.0762 e. The van der Waals surface area contributed by atoms with Crippen molar-refractivity contribution in [2.24, 2.45) is 7.05 Å². The molecule has 1 fully saturated rings. The molecule has 0 aromatic carbocycles. The van der Waals surface area contributed by atoms with Crippen LogP contribution in [-0.4, -0.2) is 28.5 Å². The van der Waals surface area contributed by atoms with E-state index in [0.717, 1.165) is 31.9 Å². The maximum atomic E-state index is 5.49. The second-order valence-electron chi connectivity index (χ2n) is 4.55. The highest BCUT2D eigenvalue weighted by Gasteiger charge is 2.26. The van der Waals surface area contributed by atoms with Gasteiger partial charge in [0.05, 0.1) is 12.3 Å². The molecule has 0 radical (unpaired) electrons. The van der Waals surface area contributed by atoms with Crippen LogP contribution in [0.4, 0.5) is 0 Å². The monoisotopic (exact) mass is 209 g/mol. The van der Waals surface area contributed by atoms with E-state index in [4.69, 9.17) is 4.74 Å². The van der Waals surface area contributed by atoms with E-state index in [-0.39, 0.29) is 5.54 Å². The molecule has 0 amide bonds. The highest BCUT2D eigenvalue weighted by molar-refractivity contribution is 4.99. The maximum Gasteiger partial charge on any atom is 0.0762 e. The van der Waals surface area contributed by atoms with Gasteiger partial charge in [0.25, 0.3) is 0 Å². The zero-order valence-electron chi connectivity index (χ0n) is 9.49. The van der Waals surface area contributed by atoms with Crippen LogP contribution < -0.4 is 5.32 Å². The minimum absolute atomic E-state index is 0.121. The minimum Gasteiger partial charge on any atom is -0.380 e. The highest BCUT2D eigenvalue weighted by Crippen LogP contribution is 2.18. The quantitative estimate of drug-likeness (QED) is 0.809. The molecule has 1 aliphatic heterocycles. The Balaban J connectivity index is 1.86. The van der Waals surface area contributed by atoms with E-state index in [1.807, 2.05) is 24.0 Å². The fraction of sp³-hybridized carbons (Fsp3) is 0.727. The van der Waals surface area contributed by atoms with Crippen LogP contribution in [0.25, 0.3) is 0 Å². The lowest BCUT2D eigenvalue weighted by Gasteiger charge is -2.34. The topological polar surface area (TPSA) is 39.1 Å². The molecular weight excluding hydrogens is 190 g/mol. The van der Waals surface area contributed by atoms with Gasteiger partial charge in [0.2, 0.25) is 0 Å². The van der Waals surface area contributed by atoms with Gasteiger partial charge in [-0.3, -0.25) is 4.68 Å². The standard InChI is InChI=1S/C11H19N3O/c1-11(5-3-7-15-9-11)12-8-10-4-6-14(2)13-10/h4,6,12H,3,5,7-9H2,1-2H3. The van der Waals surface area contributed by atoms with Gasteiger partial charge in [0.15, 0.2) is 0 Å². The van der Waals surface area contributed by atoms with Crippen LogP contribution >= 0.6 is 0 Å². The van der Waals surface area contributed by atoms with Crippen LogP contribution in [0.15, 0.2) is 12.3 Å². The van der Waals surface area contributed by atoms with E-state index in [1.165, 1.54) is 6.42 Å². The minimum atomic E-state index is 0.121. The maximum absolute atomic E-state index is 5.49. The van der Waals surface area contributed by atoms with E-state index < -0.39 is 0 Å². The Morgan fingerprint density at radius 3 is 3.13 bits per heavy atom. The van der Waals surface area contributed by atoms with Gasteiger partial charge in [-0.15, -0.1) is 0 Å². The van der Waals surface area contributed by atoms with Crippen molar-refractivity contribution < 1.29 is 4.74 Å². The SMILES string of the molecule is Cn1ccc(CNC2(C)CCCOC2)n1. The van der Waals surface area contributed by atoms with Gasteiger partial charge in [-0.05, 0) is 25.8 Å². The van der Waals surface area contributed by atoms with Gasteiger partial charge < -0.3 is 10.1 Å². The van der Waals surface area contributed by atoms with Crippen LogP contribution in [0.1, 0.15) is 25.5 Å². The van der Waals surface area contributed by atoms with Gasteiger partial charge in [0.1, 0.15) is 0 Å². The van der Waals surface area contributed by atoms with E-state index >= 15 is 0 Å². The lowest BCUT2D eigenvalue weighted by atomic mass is 9.95. The zero-order chi connectivity index (χ0) is 10.7. The second kappa shape index (κ2) is 4.33. The Bertz CT molecular complexity index is 315. The second-order valence-corrected chi connectivity index (χ2v) is 4.55. The third-order valence-electron chi connectivity index (χ3n) is 2.90. The van der Waals surface area contributed by atoms with Crippen molar-refractivity contribution in [2.45, 2.75) is 31.8 Å². The number of nitrogens with one attached hydrogen (secondary N) is 1. The third-order valence-corrected chi connectivity index (χ3v) is 2.90. The van der Waals surface area contributed by atoms with Crippen LogP contribution in [0.5, 0.6) is 0 Å². The van der Waals surface area contributed by atoms with Crippen molar-refractivity contribution in [1.29, 1.82) is 0 Å². The van der Waals surface area contributed by atoms with Crippen LogP contribution in [0, 0.1) is 0 Å². The molecule has 84 valence electrons. The predicted octanol–water partition coefficient (Wildman–Crippen LogP) is 1.08. The first-order valence-corrected chi connectivity index (χ1v) is 5.49. The summed E-state index contributed by atoms with van der Waals surface area (Å²) in [7, 11) is 1.94. The van der Waals surface area contributed by atoms with E-state index in [9.17, 15) is 0 Å². The number of aromatic nitrogens is 2. The summed E-state index contributed by atoms with van der Waals surface area (Å²) in [4.78, 5) is 0. The number of hydrogen-bond donors (Lipinski definition) is 1. The summed E-state index contributed by atoms with van der Waals surface area (Å²) in [5.74, 6) is 0. The highest BCUT2D eigenvalue weighted by atomic mass is 16.5. The Morgan fingerprint density at radius 2 is 2.53 bits per heavy atom. The van der Waals surface area contributed by atoms with Crippen LogP contribution in [0.3, 0.4) is 0 Å². The summed E-state index contributed by atoms with van der Waals surface area (Å²) in [6.07, 6.45) is 4.29. The first-order chi connectivity index (χ1) is 7.18. The molecule has 1 aromatic heterocycles. The molecule has 0 aliphatic carbocycles. The van der Waals surface area contributed by atoms with E-state index in [1.54, 1.807) is 0 Å². The molecule has 4 heteroatoms. The van der Waals surface area contributed by atoms with Gasteiger partial charge in [0, 0.05) is 31.9 Å². The van der Waals surface area contributed by atoms with Gasteiger partial charge in [-0.1, -0.05) is 0 Å². The molecule has 1 aromatic rings. The lowest BCUT2D eigenvalue weighted by molar-refractivity contribution is 0.0276. The number of aryl methyl sites for hydroxylation is 1. The molecule has 1 aliphatic rings. The molecule has 15 heavy (non-hydrogen) atoms. The molecule has 2 rings (SSSR count). The number of nitrogens with zero attached hydrogens (tertiary/aromatic N) is 2. The summed E-state index contributed by atoms with van der Waals surface area (Å²) in [6.45, 7) is 4.75. The van der Waals surface area contributed by atoms with Crippen molar-refractivity contribution in [1.82, 2.24) is 15.1 Å². The molecule has 1 saturated heterocycles. The normalized spacial score (nSPS) is 26.8. The Morgan fingerprint density at radius 1 is 1.67 bits per heavy atom. The van der Waals surface area contributed by atoms with Crippen molar-refractivity contribution in [2.75, 3.05) is 13.2 Å². The Hall–Kier alpha value is -0.870. The number of rotatable bonds is 3. The number of hydrogen-bond acceptors (Lipinski definition) is 3. The Labute approximate surface area is 90.6 Å². The summed E-state index contributed by atoms with van der Waals surface area (Å²) in [5, 5.41) is 7.87. The average molecular weight is 209 g/mol.